The van der Waals surface area contributed by atoms with Crippen LogP contribution in [-0.2, 0) is 8.85 Å². The van der Waals surface area contributed by atoms with Crippen molar-refractivity contribution in [1.29, 1.82) is 0 Å². The van der Waals surface area contributed by atoms with Crippen LogP contribution in [0.1, 0.15) is 156 Å². The molecule has 0 radical (unpaired) electrons. The average molecular weight is 429 g/mol. The fourth-order valence-electron chi connectivity index (χ4n) is 4.05. The molecule has 29 heavy (non-hydrogen) atoms. The minimum atomic E-state index is -0.813. The van der Waals surface area contributed by atoms with Gasteiger partial charge in [0.1, 0.15) is 0 Å². The van der Waals surface area contributed by atoms with E-state index in [2.05, 4.69) is 27.7 Å². The molecule has 0 aromatic carbocycles. The van der Waals surface area contributed by atoms with Gasteiger partial charge in [0.2, 0.25) is 0 Å². The van der Waals surface area contributed by atoms with Gasteiger partial charge in [-0.1, -0.05) is 130 Å². The minimum absolute atomic E-state index is 0.447. The topological polar surface area (TPSA) is 18.5 Å². The van der Waals surface area contributed by atoms with Gasteiger partial charge in [-0.25, -0.2) is 0 Å². The Balaban J connectivity index is 3.58. The number of hydrogen-bond acceptors (Lipinski definition) is 2. The van der Waals surface area contributed by atoms with Crippen molar-refractivity contribution < 1.29 is 8.85 Å². The zero-order chi connectivity index (χ0) is 21.4. The predicted molar refractivity (Wildman–Crippen MR) is 133 cm³/mol. The van der Waals surface area contributed by atoms with Crippen molar-refractivity contribution >= 4 is 10.0 Å². The smallest absolute Gasteiger partial charge is 0.304 e. The molecule has 176 valence electrons. The summed E-state index contributed by atoms with van der Waals surface area (Å²) in [7, 11) is -0.813. The standard InChI is InChI=1S/C26H56O2Si/c1-5-9-11-13-15-17-19-21-23-25(7-3)27-29-28-26(8-4)24-22-20-18-16-14-12-10-6-2/h25-26H,5-24,29H2,1-4H3. The van der Waals surface area contributed by atoms with Gasteiger partial charge in [-0.05, 0) is 25.7 Å². The lowest BCUT2D eigenvalue weighted by Crippen LogP contribution is -2.22. The van der Waals surface area contributed by atoms with E-state index in [1.165, 1.54) is 116 Å². The first kappa shape index (κ1) is 29.1. The van der Waals surface area contributed by atoms with Crippen LogP contribution >= 0.6 is 0 Å². The summed E-state index contributed by atoms with van der Waals surface area (Å²) in [6.45, 7) is 9.11. The van der Waals surface area contributed by atoms with E-state index in [0.717, 1.165) is 12.8 Å². The van der Waals surface area contributed by atoms with Gasteiger partial charge in [0, 0.05) is 12.2 Å². The molecule has 0 fully saturated rings. The van der Waals surface area contributed by atoms with Crippen molar-refractivity contribution in [2.24, 2.45) is 0 Å². The van der Waals surface area contributed by atoms with Crippen molar-refractivity contribution in [2.75, 3.05) is 0 Å². The van der Waals surface area contributed by atoms with Gasteiger partial charge in [-0.2, -0.15) is 0 Å². The molecule has 0 amide bonds. The number of unbranched alkanes of at least 4 members (excludes halogenated alkanes) is 14. The van der Waals surface area contributed by atoms with Crippen LogP contribution in [0.15, 0.2) is 0 Å². The second kappa shape index (κ2) is 24.4. The molecule has 0 aliphatic carbocycles. The first-order valence-electron chi connectivity index (χ1n) is 13.5. The Morgan fingerprint density at radius 3 is 1.07 bits per heavy atom. The summed E-state index contributed by atoms with van der Waals surface area (Å²) in [6.07, 6.45) is 28.0. The van der Waals surface area contributed by atoms with E-state index in [4.69, 9.17) is 8.85 Å². The highest BCUT2D eigenvalue weighted by atomic mass is 28.3. The zero-order valence-electron chi connectivity index (χ0n) is 20.8. The highest BCUT2D eigenvalue weighted by Crippen LogP contribution is 2.15. The van der Waals surface area contributed by atoms with Crippen LogP contribution in [0.2, 0.25) is 0 Å². The van der Waals surface area contributed by atoms with Crippen molar-refractivity contribution in [2.45, 2.75) is 168 Å². The van der Waals surface area contributed by atoms with Gasteiger partial charge < -0.3 is 8.85 Å². The van der Waals surface area contributed by atoms with Crippen LogP contribution in [0.25, 0.3) is 0 Å². The summed E-state index contributed by atoms with van der Waals surface area (Å²) >= 11 is 0. The van der Waals surface area contributed by atoms with E-state index in [1.807, 2.05) is 0 Å². The molecule has 0 spiro atoms. The molecule has 0 heterocycles. The summed E-state index contributed by atoms with van der Waals surface area (Å²) in [5, 5.41) is 0. The normalized spacial score (nSPS) is 14.1. The van der Waals surface area contributed by atoms with Gasteiger partial charge in [0.15, 0.2) is 0 Å². The molecule has 0 aliphatic heterocycles. The van der Waals surface area contributed by atoms with E-state index in [9.17, 15) is 0 Å². The minimum Gasteiger partial charge on any atom is -0.396 e. The average Bonchev–Trinajstić information content (AvgIpc) is 2.74. The molecule has 0 aliphatic rings. The van der Waals surface area contributed by atoms with Crippen LogP contribution in [-0.4, -0.2) is 22.2 Å². The molecular weight excluding hydrogens is 372 g/mol. The second-order valence-corrected chi connectivity index (χ2v) is 9.94. The molecule has 0 aromatic heterocycles. The Morgan fingerprint density at radius 1 is 0.448 bits per heavy atom. The monoisotopic (exact) mass is 428 g/mol. The van der Waals surface area contributed by atoms with Crippen LogP contribution in [0.4, 0.5) is 0 Å². The van der Waals surface area contributed by atoms with Crippen molar-refractivity contribution in [3.8, 4) is 0 Å². The maximum absolute atomic E-state index is 6.18. The molecule has 2 unspecified atom stereocenters. The van der Waals surface area contributed by atoms with Gasteiger partial charge in [-0.3, -0.25) is 0 Å². The van der Waals surface area contributed by atoms with Crippen LogP contribution < -0.4 is 0 Å². The van der Waals surface area contributed by atoms with E-state index in [0.29, 0.717) is 12.2 Å². The molecule has 2 atom stereocenters. The third-order valence-corrected chi connectivity index (χ3v) is 7.49. The van der Waals surface area contributed by atoms with E-state index >= 15 is 0 Å². The fraction of sp³-hybridized carbons (Fsp3) is 1.00. The predicted octanol–water partition coefficient (Wildman–Crippen LogP) is 8.64. The second-order valence-electron chi connectivity index (χ2n) is 9.04. The Kier molecular flexibility index (Phi) is 24.5. The Morgan fingerprint density at radius 2 is 0.759 bits per heavy atom. The molecule has 0 saturated heterocycles. The van der Waals surface area contributed by atoms with Gasteiger partial charge >= 0.3 is 10.0 Å². The van der Waals surface area contributed by atoms with Gasteiger partial charge in [-0.15, -0.1) is 0 Å². The fourth-order valence-corrected chi connectivity index (χ4v) is 5.32. The molecule has 0 aromatic rings. The highest BCUT2D eigenvalue weighted by Gasteiger charge is 2.10. The Bertz CT molecular complexity index is 270. The number of rotatable bonds is 24. The summed E-state index contributed by atoms with van der Waals surface area (Å²) in [6, 6.07) is 0. The molecular formula is C26H56O2Si. The maximum Gasteiger partial charge on any atom is 0.304 e. The van der Waals surface area contributed by atoms with Crippen LogP contribution in [0.5, 0.6) is 0 Å². The SMILES string of the molecule is CCCCCCCCCCC(CC)O[SiH2]OC(CC)CCCCCCCCCC. The number of hydrogen-bond donors (Lipinski definition) is 0. The molecule has 3 heteroatoms. The molecule has 0 N–H and O–H groups in total. The summed E-state index contributed by atoms with van der Waals surface area (Å²) in [5.41, 5.74) is 0. The van der Waals surface area contributed by atoms with Crippen molar-refractivity contribution in [3.05, 3.63) is 0 Å². The lowest BCUT2D eigenvalue weighted by molar-refractivity contribution is 0.103. The van der Waals surface area contributed by atoms with Gasteiger partial charge in [0.25, 0.3) is 0 Å². The molecule has 0 rings (SSSR count). The largest absolute Gasteiger partial charge is 0.396 e. The maximum atomic E-state index is 6.18. The summed E-state index contributed by atoms with van der Waals surface area (Å²) in [4.78, 5) is 0. The first-order chi connectivity index (χ1) is 14.3. The lowest BCUT2D eigenvalue weighted by atomic mass is 10.0. The van der Waals surface area contributed by atoms with E-state index in [-0.39, 0.29) is 0 Å². The highest BCUT2D eigenvalue weighted by molar-refractivity contribution is 6.18. The summed E-state index contributed by atoms with van der Waals surface area (Å²) in [5.74, 6) is 0. The lowest BCUT2D eigenvalue weighted by Gasteiger charge is -2.20. The van der Waals surface area contributed by atoms with Crippen molar-refractivity contribution in [1.82, 2.24) is 0 Å². The van der Waals surface area contributed by atoms with Gasteiger partial charge in [0.05, 0.1) is 0 Å². The van der Waals surface area contributed by atoms with Crippen LogP contribution in [0.3, 0.4) is 0 Å². The Labute approximate surface area is 187 Å². The zero-order valence-corrected chi connectivity index (χ0v) is 22.2. The van der Waals surface area contributed by atoms with Crippen LogP contribution in [0, 0.1) is 0 Å². The van der Waals surface area contributed by atoms with E-state index in [1.54, 1.807) is 0 Å². The third kappa shape index (κ3) is 21.2. The van der Waals surface area contributed by atoms with E-state index < -0.39 is 10.0 Å². The molecule has 0 bridgehead atoms. The third-order valence-electron chi connectivity index (χ3n) is 6.28. The Hall–Kier alpha value is 0.137. The van der Waals surface area contributed by atoms with Crippen molar-refractivity contribution in [3.63, 3.8) is 0 Å². The molecule has 0 saturated carbocycles. The quantitative estimate of drug-likeness (QED) is 0.113. The summed E-state index contributed by atoms with van der Waals surface area (Å²) < 4.78 is 12.4. The molecule has 2 nitrogen and oxygen atoms in total. The first-order valence-corrected chi connectivity index (χ1v) is 14.7.